The van der Waals surface area contributed by atoms with Gasteiger partial charge < -0.3 is 5.32 Å². The molecule has 11 heavy (non-hydrogen) atoms. The Balaban J connectivity index is 0.000000605. The fourth-order valence-corrected chi connectivity index (χ4v) is 4.01. The van der Waals surface area contributed by atoms with Crippen LogP contribution in [-0.2, 0) is 9.84 Å². The van der Waals surface area contributed by atoms with Crippen LogP contribution in [-0.4, -0.2) is 32.5 Å². The van der Waals surface area contributed by atoms with Crippen LogP contribution in [0.2, 0.25) is 0 Å². The molecule has 66 valence electrons. The quantitative estimate of drug-likeness (QED) is 0.586. The average Bonchev–Trinajstić information content (AvgIpc) is 2.20. The van der Waals surface area contributed by atoms with E-state index in [4.69, 9.17) is 0 Å². The van der Waals surface area contributed by atoms with E-state index in [2.05, 4.69) is 5.32 Å². The molecular formula is C6H12ClNO2S. The molecule has 0 spiro atoms. The van der Waals surface area contributed by atoms with Crippen molar-refractivity contribution in [2.24, 2.45) is 5.92 Å². The van der Waals surface area contributed by atoms with Crippen LogP contribution in [0.5, 0.6) is 0 Å². The second-order valence-electron chi connectivity index (χ2n) is 3.19. The summed E-state index contributed by atoms with van der Waals surface area (Å²) in [5.41, 5.74) is 0. The monoisotopic (exact) mass is 197 g/mol. The molecule has 0 aromatic carbocycles. The van der Waals surface area contributed by atoms with Crippen LogP contribution in [0, 0.1) is 5.92 Å². The standard InChI is InChI=1S/C6H11NO2S.ClH/c8-10(9)3-5-1-2-7-6(5)4-10;/h5-7H,1-4H2;1H. The molecule has 0 bridgehead atoms. The molecule has 0 aromatic heterocycles. The number of rotatable bonds is 0. The van der Waals surface area contributed by atoms with Gasteiger partial charge in [-0.25, -0.2) is 8.42 Å². The molecule has 3 nitrogen and oxygen atoms in total. The van der Waals surface area contributed by atoms with Gasteiger partial charge in [0, 0.05) is 6.04 Å². The van der Waals surface area contributed by atoms with Crippen LogP contribution >= 0.6 is 12.4 Å². The molecule has 2 heterocycles. The fourth-order valence-electron chi connectivity index (χ4n) is 1.88. The summed E-state index contributed by atoms with van der Waals surface area (Å²) >= 11 is 0. The highest BCUT2D eigenvalue weighted by Gasteiger charge is 2.39. The summed E-state index contributed by atoms with van der Waals surface area (Å²) in [5.74, 6) is 1.22. The van der Waals surface area contributed by atoms with Crippen LogP contribution in [0.15, 0.2) is 0 Å². The van der Waals surface area contributed by atoms with E-state index in [0.29, 0.717) is 17.4 Å². The van der Waals surface area contributed by atoms with E-state index in [9.17, 15) is 8.42 Å². The molecule has 2 aliphatic rings. The third kappa shape index (κ3) is 1.68. The first-order valence-electron chi connectivity index (χ1n) is 3.61. The molecule has 0 aromatic rings. The van der Waals surface area contributed by atoms with Crippen molar-refractivity contribution in [2.75, 3.05) is 18.1 Å². The molecule has 2 fully saturated rings. The first kappa shape index (κ1) is 9.29. The summed E-state index contributed by atoms with van der Waals surface area (Å²) in [4.78, 5) is 0. The number of hydrogen-bond acceptors (Lipinski definition) is 3. The molecule has 1 N–H and O–H groups in total. The Morgan fingerprint density at radius 3 is 2.64 bits per heavy atom. The van der Waals surface area contributed by atoms with Crippen molar-refractivity contribution in [1.29, 1.82) is 0 Å². The van der Waals surface area contributed by atoms with Crippen LogP contribution in [0.1, 0.15) is 6.42 Å². The Kier molecular flexibility index (Phi) is 2.46. The molecule has 0 saturated carbocycles. The normalized spacial score (nSPS) is 39.6. The van der Waals surface area contributed by atoms with E-state index >= 15 is 0 Å². The van der Waals surface area contributed by atoms with Crippen LogP contribution < -0.4 is 5.32 Å². The zero-order valence-electron chi connectivity index (χ0n) is 6.12. The summed E-state index contributed by atoms with van der Waals surface area (Å²) in [6, 6.07) is 0.282. The van der Waals surface area contributed by atoms with E-state index in [1.54, 1.807) is 0 Å². The Hall–Kier alpha value is 0.200. The van der Waals surface area contributed by atoms with Gasteiger partial charge in [-0.3, -0.25) is 0 Å². The molecule has 0 radical (unpaired) electrons. The predicted octanol–water partition coefficient (Wildman–Crippen LogP) is -0.185. The Morgan fingerprint density at radius 1 is 1.27 bits per heavy atom. The minimum atomic E-state index is -2.67. The number of fused-ring (bicyclic) bond motifs is 1. The zero-order chi connectivity index (χ0) is 7.19. The van der Waals surface area contributed by atoms with Crippen LogP contribution in [0.4, 0.5) is 0 Å². The highest BCUT2D eigenvalue weighted by Crippen LogP contribution is 2.25. The SMILES string of the molecule is Cl.O=S1(=O)CC2CCNC2C1. The van der Waals surface area contributed by atoms with Crippen molar-refractivity contribution in [2.45, 2.75) is 12.5 Å². The first-order valence-corrected chi connectivity index (χ1v) is 5.43. The summed E-state index contributed by atoms with van der Waals surface area (Å²) in [5, 5.41) is 3.19. The molecule has 2 atom stereocenters. The third-order valence-corrected chi connectivity index (χ3v) is 4.20. The second kappa shape index (κ2) is 2.92. The number of nitrogens with one attached hydrogen (secondary N) is 1. The van der Waals surface area contributed by atoms with E-state index in [0.717, 1.165) is 13.0 Å². The Labute approximate surface area is 72.9 Å². The summed E-state index contributed by atoms with van der Waals surface area (Å²) < 4.78 is 22.0. The van der Waals surface area contributed by atoms with Gasteiger partial charge in [-0.05, 0) is 18.9 Å². The van der Waals surface area contributed by atoms with Gasteiger partial charge >= 0.3 is 0 Å². The number of sulfone groups is 1. The molecule has 2 unspecified atom stereocenters. The summed E-state index contributed by atoms with van der Waals surface area (Å²) in [6.07, 6.45) is 1.05. The Bertz CT molecular complexity index is 221. The second-order valence-corrected chi connectivity index (χ2v) is 5.34. The Morgan fingerprint density at radius 2 is 2.00 bits per heavy atom. The van der Waals surface area contributed by atoms with Crippen molar-refractivity contribution >= 4 is 22.2 Å². The summed E-state index contributed by atoms with van der Waals surface area (Å²) in [7, 11) is -2.67. The van der Waals surface area contributed by atoms with Crippen LogP contribution in [0.3, 0.4) is 0 Å². The highest BCUT2D eigenvalue weighted by molar-refractivity contribution is 7.91. The van der Waals surface area contributed by atoms with Gasteiger partial charge in [0.25, 0.3) is 0 Å². The highest BCUT2D eigenvalue weighted by atomic mass is 35.5. The fraction of sp³-hybridized carbons (Fsp3) is 1.00. The average molecular weight is 198 g/mol. The van der Waals surface area contributed by atoms with Gasteiger partial charge in [0.2, 0.25) is 0 Å². The van der Waals surface area contributed by atoms with Crippen molar-refractivity contribution in [3.05, 3.63) is 0 Å². The van der Waals surface area contributed by atoms with Gasteiger partial charge in [-0.2, -0.15) is 0 Å². The van der Waals surface area contributed by atoms with Crippen LogP contribution in [0.25, 0.3) is 0 Å². The minimum Gasteiger partial charge on any atom is -0.313 e. The lowest BCUT2D eigenvalue weighted by atomic mass is 10.1. The molecular weight excluding hydrogens is 186 g/mol. The zero-order valence-corrected chi connectivity index (χ0v) is 7.75. The molecule has 0 aliphatic carbocycles. The number of hydrogen-bond donors (Lipinski definition) is 1. The maximum atomic E-state index is 11.0. The summed E-state index contributed by atoms with van der Waals surface area (Å²) in [6.45, 7) is 1.00. The lowest BCUT2D eigenvalue weighted by Crippen LogP contribution is -2.26. The van der Waals surface area contributed by atoms with E-state index < -0.39 is 9.84 Å². The lowest BCUT2D eigenvalue weighted by molar-refractivity contribution is 0.556. The number of halogens is 1. The van der Waals surface area contributed by atoms with Gasteiger partial charge in [0.05, 0.1) is 11.5 Å². The topological polar surface area (TPSA) is 46.2 Å². The van der Waals surface area contributed by atoms with E-state index in [-0.39, 0.29) is 18.4 Å². The smallest absolute Gasteiger partial charge is 0.152 e. The molecule has 2 aliphatic heterocycles. The first-order chi connectivity index (χ1) is 4.67. The lowest BCUT2D eigenvalue weighted by Gasteiger charge is -2.02. The third-order valence-electron chi connectivity index (χ3n) is 2.39. The van der Waals surface area contributed by atoms with Crippen molar-refractivity contribution in [3.8, 4) is 0 Å². The van der Waals surface area contributed by atoms with Gasteiger partial charge in [0.15, 0.2) is 9.84 Å². The van der Waals surface area contributed by atoms with Crippen molar-refractivity contribution < 1.29 is 8.42 Å². The maximum Gasteiger partial charge on any atom is 0.152 e. The van der Waals surface area contributed by atoms with E-state index in [1.165, 1.54) is 0 Å². The van der Waals surface area contributed by atoms with Crippen molar-refractivity contribution in [1.82, 2.24) is 5.32 Å². The maximum absolute atomic E-state index is 11.0. The predicted molar refractivity (Wildman–Crippen MR) is 45.8 cm³/mol. The van der Waals surface area contributed by atoms with Gasteiger partial charge in [-0.1, -0.05) is 0 Å². The minimum absolute atomic E-state index is 0. The molecule has 5 heteroatoms. The van der Waals surface area contributed by atoms with E-state index in [1.807, 2.05) is 0 Å². The molecule has 0 amide bonds. The molecule has 2 rings (SSSR count). The molecule has 2 saturated heterocycles. The van der Waals surface area contributed by atoms with Crippen molar-refractivity contribution in [3.63, 3.8) is 0 Å². The van der Waals surface area contributed by atoms with Gasteiger partial charge in [-0.15, -0.1) is 12.4 Å². The largest absolute Gasteiger partial charge is 0.313 e. The van der Waals surface area contributed by atoms with Gasteiger partial charge in [0.1, 0.15) is 0 Å².